The van der Waals surface area contributed by atoms with E-state index in [2.05, 4.69) is 49.4 Å². The fraction of sp³-hybridized carbons (Fsp3) is 0.605. The van der Waals surface area contributed by atoms with Crippen molar-refractivity contribution in [2.45, 2.75) is 95.0 Å². The fourth-order valence-corrected chi connectivity index (χ4v) is 12.2. The number of fused-ring (bicyclic) bond motifs is 2. The van der Waals surface area contributed by atoms with Gasteiger partial charge in [-0.25, -0.2) is 18.4 Å². The number of anilines is 1. The monoisotopic (exact) mass is 753 g/mol. The highest BCUT2D eigenvalue weighted by Crippen LogP contribution is 2.44. The normalized spacial score (nSPS) is 22.4. The molecule has 4 aromatic rings. The van der Waals surface area contributed by atoms with Crippen LogP contribution in [-0.2, 0) is 35.8 Å². The van der Waals surface area contributed by atoms with E-state index in [4.69, 9.17) is 4.98 Å². The molecule has 1 aliphatic carbocycles. The summed E-state index contributed by atoms with van der Waals surface area (Å²) in [7, 11) is -2.98. The van der Waals surface area contributed by atoms with Crippen LogP contribution >= 0.6 is 11.3 Å². The lowest BCUT2D eigenvalue weighted by molar-refractivity contribution is -0.126. The molecule has 4 aliphatic rings. The first-order valence-electron chi connectivity index (χ1n) is 18.6. The average Bonchev–Trinajstić information content (AvgIpc) is 3.43. The number of halogens is 3. The number of alkyl halides is 3. The molecule has 3 saturated heterocycles. The number of sulfone groups is 1. The van der Waals surface area contributed by atoms with E-state index in [-0.39, 0.29) is 20.8 Å². The Balaban J connectivity index is 0.927. The van der Waals surface area contributed by atoms with Crippen molar-refractivity contribution < 1.29 is 21.6 Å². The number of likely N-dealkylation sites (tertiary alicyclic amines) is 2. The molecule has 8 rings (SSSR count). The Morgan fingerprint density at radius 1 is 0.962 bits per heavy atom. The number of nitriles is 1. The van der Waals surface area contributed by atoms with Crippen LogP contribution < -0.4 is 4.90 Å². The first kappa shape index (κ1) is 35.8. The van der Waals surface area contributed by atoms with Gasteiger partial charge in [-0.3, -0.25) is 4.90 Å². The molecule has 0 radical (unpaired) electrons. The predicted molar refractivity (Wildman–Crippen MR) is 199 cm³/mol. The number of nitrogens with zero attached hydrogens (tertiary/aromatic N) is 7. The summed E-state index contributed by atoms with van der Waals surface area (Å²) in [6, 6.07) is 10.4. The zero-order chi connectivity index (χ0) is 36.4. The minimum atomic E-state index is -4.26. The highest BCUT2D eigenvalue weighted by molar-refractivity contribution is 7.92. The van der Waals surface area contributed by atoms with E-state index < -0.39 is 22.4 Å². The number of aryl methyl sites for hydroxylation is 2. The van der Waals surface area contributed by atoms with Crippen molar-refractivity contribution in [2.24, 2.45) is 5.41 Å². The van der Waals surface area contributed by atoms with Gasteiger partial charge in [-0.05, 0) is 94.4 Å². The summed E-state index contributed by atoms with van der Waals surface area (Å²) in [5, 5.41) is 11.6. The van der Waals surface area contributed by atoms with E-state index >= 15 is 0 Å². The Bertz CT molecular complexity index is 2140. The third-order valence-electron chi connectivity index (χ3n) is 12.0. The molecule has 14 heteroatoms. The lowest BCUT2D eigenvalue weighted by atomic mass is 9.86. The largest absolute Gasteiger partial charge is 0.393 e. The maximum Gasteiger partial charge on any atom is 0.393 e. The standard InChI is InChI=1S/C38H46F3N7O2S2/c1-3-34-43-35(32-19-28(20-38(39,40)41)51-36(32)44-34)47-15-11-37(24-47)10-14-46(23-37)22-26-4-7-33-31(25(26)2)18-27(21-42)48(33)17-16-45-12-8-30(9-13-45)52(49,50)29-5-6-29/h4,7,18-19,29-30H,3,5-6,8-17,20,22-24H2,1-2H3. The van der Waals surface area contributed by atoms with Crippen molar-refractivity contribution in [3.63, 3.8) is 0 Å². The van der Waals surface area contributed by atoms with Crippen LogP contribution in [0.5, 0.6) is 0 Å². The Labute approximate surface area is 307 Å². The van der Waals surface area contributed by atoms with E-state index in [9.17, 15) is 26.9 Å². The third-order valence-corrected chi connectivity index (χ3v) is 15.8. The Morgan fingerprint density at radius 2 is 1.71 bits per heavy atom. The summed E-state index contributed by atoms with van der Waals surface area (Å²) in [6.07, 6.45) is 0.516. The first-order chi connectivity index (χ1) is 24.8. The summed E-state index contributed by atoms with van der Waals surface area (Å²) in [4.78, 5) is 17.5. The van der Waals surface area contributed by atoms with Crippen LogP contribution in [0.15, 0.2) is 24.3 Å². The second-order valence-electron chi connectivity index (χ2n) is 15.6. The number of rotatable bonds is 10. The third kappa shape index (κ3) is 6.94. The van der Waals surface area contributed by atoms with E-state index in [1.54, 1.807) is 6.07 Å². The zero-order valence-corrected chi connectivity index (χ0v) is 31.5. The minimum Gasteiger partial charge on any atom is -0.355 e. The van der Waals surface area contributed by atoms with Gasteiger partial charge < -0.3 is 14.4 Å². The summed E-state index contributed by atoms with van der Waals surface area (Å²) in [6.45, 7) is 11.5. The molecule has 1 unspecified atom stereocenters. The number of hydrogen-bond donors (Lipinski definition) is 0. The molecule has 3 aliphatic heterocycles. The Kier molecular flexibility index (Phi) is 9.32. The molecule has 1 atom stereocenters. The number of aromatic nitrogens is 3. The summed E-state index contributed by atoms with van der Waals surface area (Å²) in [5.41, 5.74) is 4.24. The molecule has 4 fully saturated rings. The Morgan fingerprint density at radius 3 is 2.42 bits per heavy atom. The van der Waals surface area contributed by atoms with Crippen LogP contribution in [0.1, 0.15) is 73.0 Å². The van der Waals surface area contributed by atoms with Gasteiger partial charge in [0.15, 0.2) is 9.84 Å². The van der Waals surface area contributed by atoms with Crippen molar-refractivity contribution in [2.75, 3.05) is 50.7 Å². The van der Waals surface area contributed by atoms with Gasteiger partial charge in [-0.15, -0.1) is 11.3 Å². The molecule has 278 valence electrons. The molecule has 1 saturated carbocycles. The van der Waals surface area contributed by atoms with Crippen molar-refractivity contribution in [3.05, 3.63) is 51.8 Å². The van der Waals surface area contributed by atoms with Gasteiger partial charge in [0.05, 0.1) is 22.3 Å². The van der Waals surface area contributed by atoms with E-state index in [1.807, 2.05) is 13.0 Å². The van der Waals surface area contributed by atoms with Gasteiger partial charge in [-0.1, -0.05) is 13.0 Å². The van der Waals surface area contributed by atoms with Gasteiger partial charge in [-0.2, -0.15) is 18.4 Å². The van der Waals surface area contributed by atoms with Gasteiger partial charge in [0.1, 0.15) is 28.2 Å². The number of hydrogen-bond acceptors (Lipinski definition) is 9. The smallest absolute Gasteiger partial charge is 0.355 e. The lowest BCUT2D eigenvalue weighted by Gasteiger charge is -2.32. The van der Waals surface area contributed by atoms with E-state index in [0.717, 1.165) is 111 Å². The van der Waals surface area contributed by atoms with Gasteiger partial charge in [0, 0.05) is 66.9 Å². The SMILES string of the molecule is CCc1nc(N2CCC3(CCN(Cc4ccc5c(cc(C#N)n5CCN5CCC(S(=O)(=O)C6CC6)CC5)c4C)C3)C2)c2cc(CC(F)(F)F)sc2n1. The topological polar surface area (TPSA) is 98.4 Å². The van der Waals surface area contributed by atoms with Crippen LogP contribution in [-0.4, -0.2) is 95.2 Å². The molecule has 0 amide bonds. The molecule has 0 N–H and O–H groups in total. The highest BCUT2D eigenvalue weighted by atomic mass is 32.2. The lowest BCUT2D eigenvalue weighted by Crippen LogP contribution is -2.41. The van der Waals surface area contributed by atoms with E-state index in [1.165, 1.54) is 11.1 Å². The quantitative estimate of drug-likeness (QED) is 0.178. The van der Waals surface area contributed by atoms with Gasteiger partial charge in [0.25, 0.3) is 0 Å². The zero-order valence-electron chi connectivity index (χ0n) is 29.9. The second-order valence-corrected chi connectivity index (χ2v) is 19.2. The summed E-state index contributed by atoms with van der Waals surface area (Å²) >= 11 is 1.12. The molecular weight excluding hydrogens is 708 g/mol. The van der Waals surface area contributed by atoms with Gasteiger partial charge in [0.2, 0.25) is 0 Å². The molecular formula is C38H46F3N7O2S2. The van der Waals surface area contributed by atoms with Crippen molar-refractivity contribution in [1.29, 1.82) is 5.26 Å². The molecule has 9 nitrogen and oxygen atoms in total. The fourth-order valence-electron chi connectivity index (χ4n) is 8.93. The van der Waals surface area contributed by atoms with Crippen LogP contribution in [0.2, 0.25) is 0 Å². The minimum absolute atomic E-state index is 0.0976. The number of piperidine rings is 1. The predicted octanol–water partition coefficient (Wildman–Crippen LogP) is 6.64. The molecule has 52 heavy (non-hydrogen) atoms. The van der Waals surface area contributed by atoms with Crippen LogP contribution in [0, 0.1) is 23.7 Å². The second kappa shape index (κ2) is 13.6. The molecule has 1 spiro atoms. The van der Waals surface area contributed by atoms with Crippen LogP contribution in [0.4, 0.5) is 19.0 Å². The number of benzene rings is 1. The summed E-state index contributed by atoms with van der Waals surface area (Å²) in [5.74, 6) is 1.43. The highest BCUT2D eigenvalue weighted by Gasteiger charge is 2.45. The van der Waals surface area contributed by atoms with Crippen molar-refractivity contribution >= 4 is 48.1 Å². The average molecular weight is 754 g/mol. The molecule has 6 heterocycles. The molecule has 0 bridgehead atoms. The Hall–Kier alpha value is -3.25. The molecule has 1 aromatic carbocycles. The number of thiophene rings is 1. The van der Waals surface area contributed by atoms with E-state index in [0.29, 0.717) is 42.2 Å². The maximum absolute atomic E-state index is 13.2. The van der Waals surface area contributed by atoms with Crippen molar-refractivity contribution in [3.8, 4) is 6.07 Å². The first-order valence-corrected chi connectivity index (χ1v) is 21.1. The maximum atomic E-state index is 13.2. The summed E-state index contributed by atoms with van der Waals surface area (Å²) < 4.78 is 67.2. The van der Waals surface area contributed by atoms with Crippen molar-refractivity contribution in [1.82, 2.24) is 24.3 Å². The van der Waals surface area contributed by atoms with Crippen LogP contribution in [0.25, 0.3) is 21.1 Å². The molecule has 3 aromatic heterocycles. The van der Waals surface area contributed by atoms with Crippen LogP contribution in [0.3, 0.4) is 0 Å². The van der Waals surface area contributed by atoms with Gasteiger partial charge >= 0.3 is 6.18 Å².